The fraction of sp³-hybridized carbons (Fsp3) is 0.300. The van der Waals surface area contributed by atoms with Gasteiger partial charge >= 0.3 is 6.18 Å². The number of guanidine groups is 1. The minimum absolute atomic E-state index is 0. The van der Waals surface area contributed by atoms with Crippen LogP contribution < -0.4 is 20.7 Å². The molecule has 3 N–H and O–H groups in total. The van der Waals surface area contributed by atoms with E-state index in [0.29, 0.717) is 17.5 Å². The Labute approximate surface area is 194 Å². The van der Waals surface area contributed by atoms with Gasteiger partial charge < -0.3 is 20.7 Å². The fourth-order valence-corrected chi connectivity index (χ4v) is 2.70. The number of alkyl halides is 3. The summed E-state index contributed by atoms with van der Waals surface area (Å²) >= 11 is 0. The molecule has 0 bridgehead atoms. The lowest BCUT2D eigenvalue weighted by atomic mass is 10.1. The Kier molecular flexibility index (Phi) is 10.0. The van der Waals surface area contributed by atoms with Crippen LogP contribution >= 0.6 is 24.0 Å². The molecule has 0 aliphatic rings. The van der Waals surface area contributed by atoms with E-state index in [1.165, 1.54) is 21.1 Å². The third-order valence-corrected chi connectivity index (χ3v) is 4.08. The van der Waals surface area contributed by atoms with E-state index in [1.807, 2.05) is 0 Å². The number of hydrogen-bond donors (Lipinski definition) is 3. The van der Waals surface area contributed by atoms with E-state index in [0.717, 1.165) is 17.7 Å². The Hall–Kier alpha value is -2.57. The average Bonchev–Trinajstić information content (AvgIpc) is 2.68. The van der Waals surface area contributed by atoms with Crippen LogP contribution in [-0.2, 0) is 24.1 Å². The maximum absolute atomic E-state index is 13.2. The van der Waals surface area contributed by atoms with Crippen molar-refractivity contribution in [1.82, 2.24) is 10.6 Å². The minimum atomic E-state index is -4.67. The molecule has 6 nitrogen and oxygen atoms in total. The summed E-state index contributed by atoms with van der Waals surface area (Å²) < 4.78 is 57.8. The maximum atomic E-state index is 13.2. The second-order valence-electron chi connectivity index (χ2n) is 6.29. The number of halogens is 5. The summed E-state index contributed by atoms with van der Waals surface area (Å²) in [5.41, 5.74) is 0.124. The summed E-state index contributed by atoms with van der Waals surface area (Å²) in [6.07, 6.45) is -4.67. The van der Waals surface area contributed by atoms with Crippen molar-refractivity contribution in [1.29, 1.82) is 0 Å². The van der Waals surface area contributed by atoms with Crippen LogP contribution in [0.2, 0.25) is 0 Å². The highest BCUT2D eigenvalue weighted by Crippen LogP contribution is 2.32. The smallest absolute Gasteiger partial charge is 0.416 e. The van der Waals surface area contributed by atoms with Crippen LogP contribution in [0.25, 0.3) is 0 Å². The number of nitrogens with one attached hydrogen (secondary N) is 3. The van der Waals surface area contributed by atoms with Gasteiger partial charge in [-0.3, -0.25) is 9.79 Å². The molecule has 2 aromatic carbocycles. The molecule has 0 unspecified atom stereocenters. The molecule has 0 heterocycles. The monoisotopic (exact) mass is 554 g/mol. The van der Waals surface area contributed by atoms with Gasteiger partial charge in [0.15, 0.2) is 5.96 Å². The van der Waals surface area contributed by atoms with Gasteiger partial charge in [-0.1, -0.05) is 12.1 Å². The Morgan fingerprint density at radius 2 is 1.77 bits per heavy atom. The Bertz CT molecular complexity index is 936. The summed E-state index contributed by atoms with van der Waals surface area (Å²) in [6, 6.07) is 7.69. The van der Waals surface area contributed by atoms with Gasteiger partial charge in [0, 0.05) is 27.1 Å². The van der Waals surface area contributed by atoms with Crippen molar-refractivity contribution < 1.29 is 27.1 Å². The number of hydrogen-bond acceptors (Lipinski definition) is 3. The number of carbonyl (C=O) groups excluding carboxylic acids is 1. The molecule has 0 radical (unpaired) electrons. The van der Waals surface area contributed by atoms with Crippen molar-refractivity contribution in [3.05, 3.63) is 58.9 Å². The van der Waals surface area contributed by atoms with Crippen molar-refractivity contribution in [2.75, 3.05) is 19.5 Å². The van der Waals surface area contributed by atoms with Gasteiger partial charge in [-0.25, -0.2) is 4.39 Å². The molecule has 31 heavy (non-hydrogen) atoms. The first-order chi connectivity index (χ1) is 14.1. The van der Waals surface area contributed by atoms with E-state index in [1.54, 1.807) is 18.2 Å². The van der Waals surface area contributed by atoms with Crippen molar-refractivity contribution in [3.8, 4) is 5.75 Å². The molecule has 1 amide bonds. The molecule has 0 saturated carbocycles. The Morgan fingerprint density at radius 1 is 1.10 bits per heavy atom. The normalized spacial score (nSPS) is 11.4. The number of benzene rings is 2. The molecule has 2 aromatic rings. The molecule has 0 spiro atoms. The molecule has 0 aliphatic carbocycles. The van der Waals surface area contributed by atoms with Gasteiger partial charge in [-0.05, 0) is 35.4 Å². The van der Waals surface area contributed by atoms with Crippen LogP contribution in [-0.4, -0.2) is 26.0 Å². The van der Waals surface area contributed by atoms with Gasteiger partial charge in [0.1, 0.15) is 11.6 Å². The third kappa shape index (κ3) is 7.89. The van der Waals surface area contributed by atoms with E-state index in [4.69, 9.17) is 4.74 Å². The van der Waals surface area contributed by atoms with Gasteiger partial charge in [-0.2, -0.15) is 13.2 Å². The zero-order valence-electron chi connectivity index (χ0n) is 17.1. The highest BCUT2D eigenvalue weighted by atomic mass is 127. The van der Waals surface area contributed by atoms with E-state index in [2.05, 4.69) is 20.9 Å². The zero-order valence-corrected chi connectivity index (χ0v) is 19.4. The van der Waals surface area contributed by atoms with Crippen LogP contribution in [0.4, 0.5) is 23.2 Å². The van der Waals surface area contributed by atoms with Crippen LogP contribution in [0.1, 0.15) is 23.6 Å². The highest BCUT2D eigenvalue weighted by Gasteiger charge is 2.33. The van der Waals surface area contributed by atoms with Gasteiger partial charge in [-0.15, -0.1) is 24.0 Å². The second kappa shape index (κ2) is 11.7. The van der Waals surface area contributed by atoms with E-state index >= 15 is 0 Å². The van der Waals surface area contributed by atoms with Crippen LogP contribution in [0.5, 0.6) is 5.75 Å². The number of aliphatic imine (C=N–C) groups is 1. The topological polar surface area (TPSA) is 74.8 Å². The molecule has 11 heteroatoms. The molecule has 0 atom stereocenters. The fourth-order valence-electron chi connectivity index (χ4n) is 2.70. The first kappa shape index (κ1) is 26.5. The zero-order chi connectivity index (χ0) is 22.3. The summed E-state index contributed by atoms with van der Waals surface area (Å²) in [5.74, 6) is -0.462. The number of rotatable bonds is 6. The number of amides is 1. The number of nitrogens with zero attached hydrogens (tertiary/aromatic N) is 1. The van der Waals surface area contributed by atoms with Crippen LogP contribution in [0.15, 0.2) is 41.4 Å². The predicted octanol–water partition coefficient (Wildman–Crippen LogP) is 4.29. The number of anilines is 1. The molecule has 2 rings (SSSR count). The predicted molar refractivity (Wildman–Crippen MR) is 121 cm³/mol. The SMILES string of the molecule is CN=C(NCc1ccc(OC)c(NC(C)=O)c1)NCc1ccc(F)cc1C(F)(F)F.I. The number of methoxy groups -OCH3 is 1. The first-order valence-corrected chi connectivity index (χ1v) is 8.88. The van der Waals surface area contributed by atoms with Crippen LogP contribution in [0.3, 0.4) is 0 Å². The maximum Gasteiger partial charge on any atom is 0.416 e. The summed E-state index contributed by atoms with van der Waals surface area (Å²) in [4.78, 5) is 15.3. The Morgan fingerprint density at radius 3 is 2.35 bits per heavy atom. The lowest BCUT2D eigenvalue weighted by Crippen LogP contribution is -2.36. The largest absolute Gasteiger partial charge is 0.495 e. The van der Waals surface area contributed by atoms with E-state index in [-0.39, 0.29) is 54.5 Å². The molecule has 0 fully saturated rings. The molecular weight excluding hydrogens is 531 g/mol. The lowest BCUT2D eigenvalue weighted by molar-refractivity contribution is -0.138. The van der Waals surface area contributed by atoms with Crippen LogP contribution in [0, 0.1) is 5.82 Å². The van der Waals surface area contributed by atoms with Gasteiger partial charge in [0.25, 0.3) is 0 Å². The summed E-state index contributed by atoms with van der Waals surface area (Å²) in [7, 11) is 2.95. The van der Waals surface area contributed by atoms with Crippen molar-refractivity contribution in [2.45, 2.75) is 26.2 Å². The molecule has 0 saturated heterocycles. The Balaban J connectivity index is 0.00000480. The number of ether oxygens (including phenoxy) is 1. The van der Waals surface area contributed by atoms with E-state index in [9.17, 15) is 22.4 Å². The quantitative estimate of drug-likeness (QED) is 0.216. The highest BCUT2D eigenvalue weighted by molar-refractivity contribution is 14.0. The van der Waals surface area contributed by atoms with Crippen molar-refractivity contribution in [2.24, 2.45) is 4.99 Å². The first-order valence-electron chi connectivity index (χ1n) is 8.88. The summed E-state index contributed by atoms with van der Waals surface area (Å²) in [6.45, 7) is 1.46. The second-order valence-corrected chi connectivity index (χ2v) is 6.29. The standard InChI is InChI=1S/C20H22F4N4O2.HI/c1-12(29)28-17-8-13(4-7-18(17)30-3)10-26-19(25-2)27-11-14-5-6-15(21)9-16(14)20(22,23)24;/h4-9H,10-11H2,1-3H3,(H,28,29)(H2,25,26,27);1H. The molecule has 0 aliphatic heterocycles. The molecule has 0 aromatic heterocycles. The molecule has 170 valence electrons. The van der Waals surface area contributed by atoms with Gasteiger partial charge in [0.2, 0.25) is 5.91 Å². The molecular formula is C20H23F4IN4O2. The van der Waals surface area contributed by atoms with Gasteiger partial charge in [0.05, 0.1) is 18.4 Å². The van der Waals surface area contributed by atoms with Crippen molar-refractivity contribution in [3.63, 3.8) is 0 Å². The average molecular weight is 554 g/mol. The van der Waals surface area contributed by atoms with E-state index < -0.39 is 17.6 Å². The minimum Gasteiger partial charge on any atom is -0.495 e. The number of carbonyl (C=O) groups is 1. The summed E-state index contributed by atoms with van der Waals surface area (Å²) in [5, 5.41) is 8.42. The van der Waals surface area contributed by atoms with Crippen molar-refractivity contribution >= 4 is 41.5 Å². The lowest BCUT2D eigenvalue weighted by Gasteiger charge is -2.16. The third-order valence-electron chi connectivity index (χ3n) is 4.08.